The van der Waals surface area contributed by atoms with Gasteiger partial charge in [-0.25, -0.2) is 23.5 Å². The van der Waals surface area contributed by atoms with Crippen LogP contribution in [0.15, 0.2) is 102 Å². The fraction of sp³-hybridized carbons (Fsp3) is 0.0938. The van der Waals surface area contributed by atoms with Crippen molar-refractivity contribution in [2.75, 3.05) is 4.90 Å². The van der Waals surface area contributed by atoms with E-state index in [4.69, 9.17) is 4.52 Å². The maximum absolute atomic E-state index is 15.3. The third kappa shape index (κ3) is 4.80. The molecule has 0 aliphatic carbocycles. The minimum atomic E-state index is -1.10. The van der Waals surface area contributed by atoms with E-state index in [2.05, 4.69) is 20.2 Å². The zero-order chi connectivity index (χ0) is 29.5. The average Bonchev–Trinajstić information content (AvgIpc) is 3.78. The van der Waals surface area contributed by atoms with Crippen LogP contribution >= 0.6 is 0 Å². The molecular weight excluding hydrogens is 554 g/mol. The zero-order valence-corrected chi connectivity index (χ0v) is 22.4. The number of hydrogen-bond donors (Lipinski definition) is 1. The predicted octanol–water partition coefficient (Wildman–Crippen LogP) is 6.14. The van der Waals surface area contributed by atoms with Crippen LogP contribution in [-0.2, 0) is 17.8 Å². The largest absolute Gasteiger partial charge is 0.480 e. The Hall–Kier alpha value is -5.71. The van der Waals surface area contributed by atoms with Gasteiger partial charge in [0.15, 0.2) is 17.5 Å². The van der Waals surface area contributed by atoms with E-state index in [9.17, 15) is 9.90 Å². The standard InChI is InChI=1S/C32H22F2N6O3/c33-23-14-20(19-6-2-1-3-7-19)10-11-22(23)18-39-28(25-12-13-43-38-25)16-26(37-39)30-35-17-24(34)31(36-30)40-27-9-5-4-8-21(27)15-29(40)32(41)42/h1-14,16-17,29H,15,18H2,(H,41,42)/t29-/m1/s1. The number of hydrogen-bond acceptors (Lipinski definition) is 7. The first-order valence-electron chi connectivity index (χ1n) is 13.4. The summed E-state index contributed by atoms with van der Waals surface area (Å²) >= 11 is 0. The molecule has 6 aromatic rings. The summed E-state index contributed by atoms with van der Waals surface area (Å²) in [4.78, 5) is 22.1. The Morgan fingerprint density at radius 3 is 2.51 bits per heavy atom. The maximum atomic E-state index is 15.3. The van der Waals surface area contributed by atoms with Crippen LogP contribution in [-0.4, -0.2) is 42.0 Å². The van der Waals surface area contributed by atoms with Gasteiger partial charge in [-0.3, -0.25) is 4.68 Å². The highest BCUT2D eigenvalue weighted by molar-refractivity contribution is 5.86. The number of halogens is 2. The first-order valence-corrected chi connectivity index (χ1v) is 13.4. The highest BCUT2D eigenvalue weighted by Crippen LogP contribution is 2.39. The van der Waals surface area contributed by atoms with Crippen molar-refractivity contribution in [2.45, 2.75) is 19.0 Å². The second-order valence-electron chi connectivity index (χ2n) is 10.1. The number of aliphatic carboxylic acids is 1. The van der Waals surface area contributed by atoms with Crippen molar-refractivity contribution < 1.29 is 23.2 Å². The SMILES string of the molecule is O=C(O)[C@H]1Cc2ccccc2N1c1nc(-c2cc(-c3ccon3)n(Cc3ccc(-c4ccccc4)cc3F)n2)ncc1F. The minimum Gasteiger partial charge on any atom is -0.480 e. The Labute approximate surface area is 243 Å². The molecule has 1 atom stereocenters. The first-order chi connectivity index (χ1) is 21.0. The number of carboxylic acids is 1. The highest BCUT2D eigenvalue weighted by Gasteiger charge is 2.37. The maximum Gasteiger partial charge on any atom is 0.327 e. The van der Waals surface area contributed by atoms with Crippen LogP contribution in [0.5, 0.6) is 0 Å². The number of carbonyl (C=O) groups is 1. The smallest absolute Gasteiger partial charge is 0.327 e. The summed E-state index contributed by atoms with van der Waals surface area (Å²) in [6, 6.07) is 23.9. The lowest BCUT2D eigenvalue weighted by Gasteiger charge is -2.24. The summed E-state index contributed by atoms with van der Waals surface area (Å²) in [6.07, 6.45) is 2.60. The van der Waals surface area contributed by atoms with Gasteiger partial charge in [-0.05, 0) is 34.9 Å². The van der Waals surface area contributed by atoms with Gasteiger partial charge in [0.25, 0.3) is 0 Å². The van der Waals surface area contributed by atoms with Crippen LogP contribution in [0.4, 0.5) is 20.3 Å². The lowest BCUT2D eigenvalue weighted by molar-refractivity contribution is -0.138. The molecule has 1 aliphatic rings. The van der Waals surface area contributed by atoms with Gasteiger partial charge in [-0.1, -0.05) is 65.8 Å². The predicted molar refractivity (Wildman–Crippen MR) is 153 cm³/mol. The molecule has 212 valence electrons. The second-order valence-corrected chi connectivity index (χ2v) is 10.1. The Morgan fingerprint density at radius 1 is 0.930 bits per heavy atom. The Kier molecular flexibility index (Phi) is 6.46. The molecule has 3 aromatic carbocycles. The van der Waals surface area contributed by atoms with Crippen LogP contribution in [0.25, 0.3) is 34.0 Å². The summed E-state index contributed by atoms with van der Waals surface area (Å²) in [7, 11) is 0. The van der Waals surface area contributed by atoms with Crippen LogP contribution in [0.3, 0.4) is 0 Å². The molecule has 11 heteroatoms. The molecule has 1 N–H and O–H groups in total. The normalized spacial score (nSPS) is 14.2. The fourth-order valence-electron chi connectivity index (χ4n) is 5.34. The molecule has 9 nitrogen and oxygen atoms in total. The molecule has 1 aliphatic heterocycles. The first kappa shape index (κ1) is 26.2. The lowest BCUT2D eigenvalue weighted by Crippen LogP contribution is -2.36. The lowest BCUT2D eigenvalue weighted by atomic mass is 10.0. The molecule has 0 radical (unpaired) electrons. The van der Waals surface area contributed by atoms with Crippen LogP contribution in [0, 0.1) is 11.6 Å². The Balaban J connectivity index is 1.28. The van der Waals surface area contributed by atoms with Crippen molar-refractivity contribution in [2.24, 2.45) is 0 Å². The molecule has 0 saturated carbocycles. The van der Waals surface area contributed by atoms with E-state index in [1.54, 1.807) is 41.1 Å². The third-order valence-electron chi connectivity index (χ3n) is 7.40. The van der Waals surface area contributed by atoms with E-state index >= 15 is 8.78 Å². The number of anilines is 2. The van der Waals surface area contributed by atoms with Crippen LogP contribution in [0.1, 0.15) is 11.1 Å². The summed E-state index contributed by atoms with van der Waals surface area (Å²) < 4.78 is 37.1. The van der Waals surface area contributed by atoms with Gasteiger partial charge in [-0.2, -0.15) is 5.10 Å². The van der Waals surface area contributed by atoms with E-state index in [0.29, 0.717) is 22.6 Å². The zero-order valence-electron chi connectivity index (χ0n) is 22.4. The summed E-state index contributed by atoms with van der Waals surface area (Å²) in [5.41, 5.74) is 4.57. The van der Waals surface area contributed by atoms with Gasteiger partial charge in [0.1, 0.15) is 29.5 Å². The van der Waals surface area contributed by atoms with Gasteiger partial charge in [0.05, 0.1) is 18.4 Å². The van der Waals surface area contributed by atoms with Gasteiger partial charge in [0.2, 0.25) is 0 Å². The molecule has 0 spiro atoms. The van der Waals surface area contributed by atoms with Crippen molar-refractivity contribution >= 4 is 17.5 Å². The minimum absolute atomic E-state index is 0.0533. The van der Waals surface area contributed by atoms with E-state index in [-0.39, 0.29) is 30.3 Å². The van der Waals surface area contributed by atoms with Gasteiger partial charge >= 0.3 is 5.97 Å². The molecule has 4 heterocycles. The Morgan fingerprint density at radius 2 is 1.74 bits per heavy atom. The topological polar surface area (TPSA) is 110 Å². The third-order valence-corrected chi connectivity index (χ3v) is 7.40. The number of rotatable bonds is 7. The van der Waals surface area contributed by atoms with Crippen LogP contribution < -0.4 is 4.90 Å². The van der Waals surface area contributed by atoms with Crippen molar-refractivity contribution in [3.05, 3.63) is 120 Å². The van der Waals surface area contributed by atoms with E-state index in [0.717, 1.165) is 22.9 Å². The highest BCUT2D eigenvalue weighted by atomic mass is 19.1. The Bertz CT molecular complexity index is 1960. The second kappa shape index (κ2) is 10.6. The molecule has 0 fully saturated rings. The number of aromatic nitrogens is 5. The van der Waals surface area contributed by atoms with Crippen LogP contribution in [0.2, 0.25) is 0 Å². The molecule has 0 bridgehead atoms. The number of nitrogens with zero attached hydrogens (tertiary/aromatic N) is 6. The number of fused-ring (bicyclic) bond motifs is 1. The van der Waals surface area contributed by atoms with Gasteiger partial charge in [-0.15, -0.1) is 0 Å². The number of para-hydroxylation sites is 1. The summed E-state index contributed by atoms with van der Waals surface area (Å²) in [6.45, 7) is 0.0533. The number of benzene rings is 3. The molecule has 0 saturated heterocycles. The van der Waals surface area contributed by atoms with E-state index in [1.807, 2.05) is 42.5 Å². The summed E-state index contributed by atoms with van der Waals surface area (Å²) in [5.74, 6) is -2.40. The molecular formula is C32H22F2N6O3. The van der Waals surface area contributed by atoms with Crippen molar-refractivity contribution in [1.29, 1.82) is 0 Å². The summed E-state index contributed by atoms with van der Waals surface area (Å²) in [5, 5.41) is 18.6. The molecule has 43 heavy (non-hydrogen) atoms. The monoisotopic (exact) mass is 576 g/mol. The van der Waals surface area contributed by atoms with Crippen molar-refractivity contribution in [1.82, 2.24) is 24.9 Å². The van der Waals surface area contributed by atoms with Crippen molar-refractivity contribution in [3.8, 4) is 34.0 Å². The molecule has 7 rings (SSSR count). The van der Waals surface area contributed by atoms with Gasteiger partial charge < -0.3 is 14.5 Å². The molecule has 3 aromatic heterocycles. The van der Waals surface area contributed by atoms with Crippen molar-refractivity contribution in [3.63, 3.8) is 0 Å². The van der Waals surface area contributed by atoms with Gasteiger partial charge in [0, 0.05) is 23.7 Å². The van der Waals surface area contributed by atoms with E-state index in [1.165, 1.54) is 17.2 Å². The van der Waals surface area contributed by atoms with E-state index < -0.39 is 23.6 Å². The average molecular weight is 577 g/mol. The quantitative estimate of drug-likeness (QED) is 0.242. The molecule has 0 unspecified atom stereocenters. The number of carboxylic acid groups (broad SMARTS) is 1. The molecule has 0 amide bonds. The fourth-order valence-corrected chi connectivity index (χ4v) is 5.34.